The second-order valence-electron chi connectivity index (χ2n) is 7.35. The lowest BCUT2D eigenvalue weighted by Crippen LogP contribution is -2.49. The van der Waals surface area contributed by atoms with Crippen molar-refractivity contribution in [1.82, 2.24) is 9.80 Å². The Kier molecular flexibility index (Phi) is 5.25. The van der Waals surface area contributed by atoms with Crippen molar-refractivity contribution in [1.29, 1.82) is 0 Å². The predicted molar refractivity (Wildman–Crippen MR) is 80.8 cm³/mol. The number of hydrogen-bond acceptors (Lipinski definition) is 3. The number of rotatable bonds is 2. The standard InChI is InChI=1S/C16H28N2O3/c1-16(2,3)11-14(19)18-6-4-5-13(12-18)15(20)17-7-9-21-10-8-17/h13H,4-12H2,1-3H3/t13-/m1/s1. The number of piperidine rings is 1. The van der Waals surface area contributed by atoms with E-state index in [-0.39, 0.29) is 23.1 Å². The van der Waals surface area contributed by atoms with Crippen molar-refractivity contribution in [2.45, 2.75) is 40.0 Å². The van der Waals surface area contributed by atoms with Gasteiger partial charge in [-0.25, -0.2) is 0 Å². The molecule has 2 saturated heterocycles. The average Bonchev–Trinajstić information content (AvgIpc) is 2.46. The summed E-state index contributed by atoms with van der Waals surface area (Å²) in [4.78, 5) is 28.7. The summed E-state index contributed by atoms with van der Waals surface area (Å²) in [6.07, 6.45) is 2.37. The Labute approximate surface area is 127 Å². The van der Waals surface area contributed by atoms with Gasteiger partial charge in [0.15, 0.2) is 0 Å². The highest BCUT2D eigenvalue weighted by molar-refractivity contribution is 5.81. The number of likely N-dealkylation sites (tertiary alicyclic amines) is 1. The van der Waals surface area contributed by atoms with Crippen molar-refractivity contribution in [3.05, 3.63) is 0 Å². The molecule has 2 heterocycles. The van der Waals surface area contributed by atoms with Crippen molar-refractivity contribution in [3.63, 3.8) is 0 Å². The van der Waals surface area contributed by atoms with E-state index in [4.69, 9.17) is 4.74 Å². The van der Waals surface area contributed by atoms with E-state index in [0.717, 1.165) is 19.4 Å². The summed E-state index contributed by atoms with van der Waals surface area (Å²) in [6.45, 7) is 10.2. The number of hydrogen-bond donors (Lipinski definition) is 0. The van der Waals surface area contributed by atoms with Gasteiger partial charge in [0.1, 0.15) is 0 Å². The number of amides is 2. The van der Waals surface area contributed by atoms with Crippen LogP contribution in [0.3, 0.4) is 0 Å². The van der Waals surface area contributed by atoms with Crippen molar-refractivity contribution >= 4 is 11.8 Å². The van der Waals surface area contributed by atoms with Crippen LogP contribution in [0.2, 0.25) is 0 Å². The molecule has 0 bridgehead atoms. The second-order valence-corrected chi connectivity index (χ2v) is 7.35. The van der Waals surface area contributed by atoms with E-state index in [2.05, 4.69) is 20.8 Å². The Bertz CT molecular complexity index is 383. The maximum absolute atomic E-state index is 12.5. The lowest BCUT2D eigenvalue weighted by molar-refractivity contribution is -0.144. The van der Waals surface area contributed by atoms with Crippen LogP contribution < -0.4 is 0 Å². The topological polar surface area (TPSA) is 49.9 Å². The van der Waals surface area contributed by atoms with Gasteiger partial charge in [-0.2, -0.15) is 0 Å². The Hall–Kier alpha value is -1.10. The molecule has 0 N–H and O–H groups in total. The van der Waals surface area contributed by atoms with Gasteiger partial charge in [0.2, 0.25) is 11.8 Å². The maximum atomic E-state index is 12.5. The fourth-order valence-corrected chi connectivity index (χ4v) is 3.01. The van der Waals surface area contributed by atoms with E-state index < -0.39 is 0 Å². The fourth-order valence-electron chi connectivity index (χ4n) is 3.01. The normalized spacial score (nSPS) is 24.0. The van der Waals surface area contributed by atoms with Crippen molar-refractivity contribution < 1.29 is 14.3 Å². The first-order chi connectivity index (χ1) is 9.87. The minimum absolute atomic E-state index is 0.00174. The number of carbonyl (C=O) groups is 2. The molecule has 0 saturated carbocycles. The summed E-state index contributed by atoms with van der Waals surface area (Å²) in [7, 11) is 0. The molecule has 0 spiro atoms. The van der Waals surface area contributed by atoms with Crippen LogP contribution in [-0.2, 0) is 14.3 Å². The highest BCUT2D eigenvalue weighted by Crippen LogP contribution is 2.24. The largest absolute Gasteiger partial charge is 0.378 e. The first kappa shape index (κ1) is 16.3. The van der Waals surface area contributed by atoms with Gasteiger partial charge < -0.3 is 14.5 Å². The minimum Gasteiger partial charge on any atom is -0.378 e. The van der Waals surface area contributed by atoms with Crippen LogP contribution in [0.25, 0.3) is 0 Å². The van der Waals surface area contributed by atoms with E-state index >= 15 is 0 Å². The van der Waals surface area contributed by atoms with Gasteiger partial charge in [-0.05, 0) is 18.3 Å². The fraction of sp³-hybridized carbons (Fsp3) is 0.875. The molecule has 5 nitrogen and oxygen atoms in total. The van der Waals surface area contributed by atoms with E-state index in [1.807, 2.05) is 9.80 Å². The third kappa shape index (κ3) is 4.70. The molecule has 0 aromatic heterocycles. The van der Waals surface area contributed by atoms with Crippen LogP contribution >= 0.6 is 0 Å². The Balaban J connectivity index is 1.90. The smallest absolute Gasteiger partial charge is 0.227 e. The van der Waals surface area contributed by atoms with E-state index in [1.54, 1.807) is 0 Å². The molecule has 2 aliphatic heterocycles. The zero-order valence-corrected chi connectivity index (χ0v) is 13.6. The first-order valence-corrected chi connectivity index (χ1v) is 8.01. The lowest BCUT2D eigenvalue weighted by atomic mass is 9.90. The average molecular weight is 296 g/mol. The van der Waals surface area contributed by atoms with Crippen molar-refractivity contribution in [2.24, 2.45) is 11.3 Å². The molecule has 0 aromatic rings. The minimum atomic E-state index is -0.0271. The molecule has 0 aliphatic carbocycles. The Morgan fingerprint density at radius 3 is 2.38 bits per heavy atom. The van der Waals surface area contributed by atoms with Gasteiger partial charge in [-0.15, -0.1) is 0 Å². The van der Waals surface area contributed by atoms with Crippen LogP contribution in [0, 0.1) is 11.3 Å². The summed E-state index contributed by atoms with van der Waals surface area (Å²) in [6, 6.07) is 0. The second kappa shape index (κ2) is 6.77. The van der Waals surface area contributed by atoms with Crippen molar-refractivity contribution in [2.75, 3.05) is 39.4 Å². The van der Waals surface area contributed by atoms with Crippen LogP contribution in [0.4, 0.5) is 0 Å². The van der Waals surface area contributed by atoms with Crippen molar-refractivity contribution in [3.8, 4) is 0 Å². The number of ether oxygens (including phenoxy) is 1. The lowest BCUT2D eigenvalue weighted by Gasteiger charge is -2.37. The molecule has 2 rings (SSSR count). The van der Waals surface area contributed by atoms with E-state index in [1.165, 1.54) is 0 Å². The molecule has 2 aliphatic rings. The molecule has 21 heavy (non-hydrogen) atoms. The Morgan fingerprint density at radius 2 is 1.76 bits per heavy atom. The summed E-state index contributed by atoms with van der Waals surface area (Å²) in [5.41, 5.74) is -0.00174. The van der Waals surface area contributed by atoms with Gasteiger partial charge in [-0.1, -0.05) is 20.8 Å². The van der Waals surface area contributed by atoms with Crippen LogP contribution in [0.5, 0.6) is 0 Å². The third-order valence-electron chi connectivity index (χ3n) is 4.13. The zero-order chi connectivity index (χ0) is 15.5. The molecular formula is C16H28N2O3. The van der Waals surface area contributed by atoms with Gasteiger partial charge >= 0.3 is 0 Å². The number of nitrogens with zero attached hydrogens (tertiary/aromatic N) is 2. The number of carbonyl (C=O) groups excluding carboxylic acids is 2. The quantitative estimate of drug-likeness (QED) is 0.776. The molecule has 120 valence electrons. The molecule has 0 radical (unpaired) electrons. The Morgan fingerprint density at radius 1 is 1.10 bits per heavy atom. The first-order valence-electron chi connectivity index (χ1n) is 8.01. The molecule has 1 atom stereocenters. The number of morpholine rings is 1. The molecule has 2 amide bonds. The maximum Gasteiger partial charge on any atom is 0.227 e. The zero-order valence-electron chi connectivity index (χ0n) is 13.6. The van der Waals surface area contributed by atoms with E-state index in [9.17, 15) is 9.59 Å². The van der Waals surface area contributed by atoms with Gasteiger partial charge in [0, 0.05) is 32.6 Å². The molecular weight excluding hydrogens is 268 g/mol. The SMILES string of the molecule is CC(C)(C)CC(=O)N1CCC[C@@H](C(=O)N2CCOCC2)C1. The predicted octanol–water partition coefficient (Wildman–Crippen LogP) is 1.52. The molecule has 0 unspecified atom stereocenters. The molecule has 5 heteroatoms. The molecule has 2 fully saturated rings. The summed E-state index contributed by atoms with van der Waals surface area (Å²) in [5.74, 6) is 0.356. The van der Waals surface area contributed by atoms with Crippen LogP contribution in [0.1, 0.15) is 40.0 Å². The van der Waals surface area contributed by atoms with E-state index in [0.29, 0.717) is 39.3 Å². The van der Waals surface area contributed by atoms with Gasteiger partial charge in [0.05, 0.1) is 19.1 Å². The van der Waals surface area contributed by atoms with Gasteiger partial charge in [0.25, 0.3) is 0 Å². The monoisotopic (exact) mass is 296 g/mol. The van der Waals surface area contributed by atoms with Gasteiger partial charge in [-0.3, -0.25) is 9.59 Å². The summed E-state index contributed by atoms with van der Waals surface area (Å²) >= 11 is 0. The molecule has 0 aromatic carbocycles. The summed E-state index contributed by atoms with van der Waals surface area (Å²) in [5, 5.41) is 0. The highest BCUT2D eigenvalue weighted by atomic mass is 16.5. The van der Waals surface area contributed by atoms with Crippen LogP contribution in [-0.4, -0.2) is 61.0 Å². The third-order valence-corrected chi connectivity index (χ3v) is 4.13. The summed E-state index contributed by atoms with van der Waals surface area (Å²) < 4.78 is 5.29. The highest BCUT2D eigenvalue weighted by Gasteiger charge is 2.32. The van der Waals surface area contributed by atoms with Crippen LogP contribution in [0.15, 0.2) is 0 Å².